The highest BCUT2D eigenvalue weighted by Crippen LogP contribution is 2.24. The van der Waals surface area contributed by atoms with Gasteiger partial charge in [0.25, 0.3) is 0 Å². The van der Waals surface area contributed by atoms with E-state index in [0.717, 1.165) is 6.07 Å². The molecule has 110 valence electrons. The van der Waals surface area contributed by atoms with E-state index in [-0.39, 0.29) is 5.69 Å². The maximum absolute atomic E-state index is 13.7. The van der Waals surface area contributed by atoms with Gasteiger partial charge in [0.15, 0.2) is 11.6 Å². The van der Waals surface area contributed by atoms with E-state index in [1.54, 1.807) is 18.7 Å². The molecule has 1 aliphatic heterocycles. The number of nitrogens with zero attached hydrogens (tertiary/aromatic N) is 2. The quantitative estimate of drug-likeness (QED) is 0.921. The van der Waals surface area contributed by atoms with Crippen molar-refractivity contribution in [2.75, 3.05) is 31.1 Å². The molecule has 0 spiro atoms. The van der Waals surface area contributed by atoms with Gasteiger partial charge in [-0.2, -0.15) is 0 Å². The second-order valence-corrected chi connectivity index (χ2v) is 5.41. The summed E-state index contributed by atoms with van der Waals surface area (Å²) in [5, 5.41) is 9.19. The minimum atomic E-state index is -0.952. The van der Waals surface area contributed by atoms with Crippen molar-refractivity contribution in [1.29, 1.82) is 0 Å². The molecule has 0 bridgehead atoms. The van der Waals surface area contributed by atoms with Crippen LogP contribution in [0.25, 0.3) is 0 Å². The van der Waals surface area contributed by atoms with E-state index >= 15 is 0 Å². The summed E-state index contributed by atoms with van der Waals surface area (Å²) in [6.07, 6.45) is 0. The van der Waals surface area contributed by atoms with Crippen LogP contribution in [0.5, 0.6) is 0 Å². The lowest BCUT2D eigenvalue weighted by Crippen LogP contribution is -2.58. The number of halogens is 2. The Hall–Kier alpha value is -1.69. The molecule has 1 saturated heterocycles. The van der Waals surface area contributed by atoms with Crippen molar-refractivity contribution in [2.45, 2.75) is 19.4 Å². The number of hydrogen-bond acceptors (Lipinski definition) is 3. The van der Waals surface area contributed by atoms with Crippen LogP contribution in [0.3, 0.4) is 0 Å². The van der Waals surface area contributed by atoms with Crippen LogP contribution in [0.2, 0.25) is 0 Å². The number of benzene rings is 1. The van der Waals surface area contributed by atoms with Crippen molar-refractivity contribution in [3.8, 4) is 0 Å². The first-order valence-electron chi connectivity index (χ1n) is 6.51. The maximum Gasteiger partial charge on any atom is 0.323 e. The van der Waals surface area contributed by atoms with Crippen LogP contribution >= 0.6 is 0 Å². The SMILES string of the molecule is CC(C)(C(=O)O)N1CCN(c2cccc(F)c2F)CC1. The summed E-state index contributed by atoms with van der Waals surface area (Å²) in [7, 11) is 0. The molecule has 1 heterocycles. The number of hydrogen-bond donors (Lipinski definition) is 1. The standard InChI is InChI=1S/C14H18F2N2O2/c1-14(2,13(19)20)18-8-6-17(7-9-18)11-5-3-4-10(15)12(11)16/h3-5H,6-9H2,1-2H3,(H,19,20). The smallest absolute Gasteiger partial charge is 0.323 e. The Labute approximate surface area is 116 Å². The molecule has 1 aromatic carbocycles. The van der Waals surface area contributed by atoms with Gasteiger partial charge in [-0.1, -0.05) is 6.07 Å². The number of piperazine rings is 1. The fourth-order valence-electron chi connectivity index (χ4n) is 2.38. The van der Waals surface area contributed by atoms with Gasteiger partial charge in [0.2, 0.25) is 0 Å². The van der Waals surface area contributed by atoms with Crippen LogP contribution in [0, 0.1) is 11.6 Å². The average molecular weight is 284 g/mol. The van der Waals surface area contributed by atoms with Crippen molar-refractivity contribution < 1.29 is 18.7 Å². The van der Waals surface area contributed by atoms with Gasteiger partial charge in [-0.3, -0.25) is 9.69 Å². The van der Waals surface area contributed by atoms with Gasteiger partial charge >= 0.3 is 5.97 Å². The van der Waals surface area contributed by atoms with Crippen molar-refractivity contribution in [3.63, 3.8) is 0 Å². The fourth-order valence-corrected chi connectivity index (χ4v) is 2.38. The zero-order valence-electron chi connectivity index (χ0n) is 11.6. The summed E-state index contributed by atoms with van der Waals surface area (Å²) < 4.78 is 26.9. The summed E-state index contributed by atoms with van der Waals surface area (Å²) >= 11 is 0. The Balaban J connectivity index is 2.08. The Kier molecular flexibility index (Phi) is 3.94. The number of rotatable bonds is 3. The number of anilines is 1. The molecule has 20 heavy (non-hydrogen) atoms. The molecular weight excluding hydrogens is 266 g/mol. The highest BCUT2D eigenvalue weighted by Gasteiger charge is 2.36. The van der Waals surface area contributed by atoms with E-state index in [1.807, 2.05) is 4.90 Å². The third-order valence-corrected chi connectivity index (χ3v) is 3.87. The van der Waals surface area contributed by atoms with Crippen LogP contribution in [-0.2, 0) is 4.79 Å². The Morgan fingerprint density at radius 1 is 1.20 bits per heavy atom. The van der Waals surface area contributed by atoms with Crippen LogP contribution in [-0.4, -0.2) is 47.7 Å². The van der Waals surface area contributed by atoms with E-state index < -0.39 is 23.1 Å². The highest BCUT2D eigenvalue weighted by molar-refractivity contribution is 5.77. The Morgan fingerprint density at radius 2 is 1.80 bits per heavy atom. The molecule has 0 atom stereocenters. The van der Waals surface area contributed by atoms with Gasteiger partial charge < -0.3 is 10.0 Å². The van der Waals surface area contributed by atoms with Crippen LogP contribution < -0.4 is 4.90 Å². The molecule has 2 rings (SSSR count). The first kappa shape index (κ1) is 14.7. The minimum absolute atomic E-state index is 0.234. The van der Waals surface area contributed by atoms with Crippen molar-refractivity contribution in [1.82, 2.24) is 4.90 Å². The summed E-state index contributed by atoms with van der Waals surface area (Å²) in [5.41, 5.74) is -0.718. The molecule has 1 fully saturated rings. The maximum atomic E-state index is 13.7. The number of aliphatic carboxylic acids is 1. The predicted molar refractivity (Wildman–Crippen MR) is 71.9 cm³/mol. The predicted octanol–water partition coefficient (Wildman–Crippen LogP) is 1.95. The molecule has 0 radical (unpaired) electrons. The molecule has 1 aromatic rings. The average Bonchev–Trinajstić information content (AvgIpc) is 2.42. The number of carbonyl (C=O) groups is 1. The van der Waals surface area contributed by atoms with E-state index in [1.165, 1.54) is 12.1 Å². The molecule has 6 heteroatoms. The molecule has 0 unspecified atom stereocenters. The first-order valence-corrected chi connectivity index (χ1v) is 6.51. The number of carboxylic acids is 1. The first-order chi connectivity index (χ1) is 9.34. The van der Waals surface area contributed by atoms with Gasteiger partial charge in [-0.05, 0) is 26.0 Å². The van der Waals surface area contributed by atoms with E-state index in [4.69, 9.17) is 0 Å². The minimum Gasteiger partial charge on any atom is -0.480 e. The molecule has 0 saturated carbocycles. The normalized spacial score (nSPS) is 17.3. The summed E-state index contributed by atoms with van der Waals surface area (Å²) in [6.45, 7) is 5.22. The Bertz CT molecular complexity index is 512. The zero-order chi connectivity index (χ0) is 14.9. The third-order valence-electron chi connectivity index (χ3n) is 3.87. The van der Waals surface area contributed by atoms with E-state index in [9.17, 15) is 18.7 Å². The van der Waals surface area contributed by atoms with Crippen LogP contribution in [0.4, 0.5) is 14.5 Å². The number of carboxylic acid groups (broad SMARTS) is 1. The van der Waals surface area contributed by atoms with Gasteiger partial charge in [-0.25, -0.2) is 8.78 Å². The van der Waals surface area contributed by atoms with Gasteiger partial charge in [0.1, 0.15) is 5.54 Å². The molecule has 1 N–H and O–H groups in total. The van der Waals surface area contributed by atoms with Crippen molar-refractivity contribution in [3.05, 3.63) is 29.8 Å². The summed E-state index contributed by atoms with van der Waals surface area (Å²) in [4.78, 5) is 14.8. The highest BCUT2D eigenvalue weighted by atomic mass is 19.2. The van der Waals surface area contributed by atoms with Crippen molar-refractivity contribution >= 4 is 11.7 Å². The lowest BCUT2D eigenvalue weighted by molar-refractivity contribution is -0.149. The Morgan fingerprint density at radius 3 is 2.35 bits per heavy atom. The lowest BCUT2D eigenvalue weighted by atomic mass is 10.0. The molecule has 1 aliphatic rings. The fraction of sp³-hybridized carbons (Fsp3) is 0.500. The monoisotopic (exact) mass is 284 g/mol. The second-order valence-electron chi connectivity index (χ2n) is 5.41. The van der Waals surface area contributed by atoms with Crippen LogP contribution in [0.1, 0.15) is 13.8 Å². The van der Waals surface area contributed by atoms with Crippen LogP contribution in [0.15, 0.2) is 18.2 Å². The van der Waals surface area contributed by atoms with E-state index in [0.29, 0.717) is 26.2 Å². The largest absolute Gasteiger partial charge is 0.480 e. The third kappa shape index (κ3) is 2.60. The molecule has 4 nitrogen and oxygen atoms in total. The molecule has 0 amide bonds. The van der Waals surface area contributed by atoms with E-state index in [2.05, 4.69) is 0 Å². The molecule has 0 aromatic heterocycles. The van der Waals surface area contributed by atoms with Gasteiger partial charge in [0.05, 0.1) is 5.69 Å². The summed E-state index contributed by atoms with van der Waals surface area (Å²) in [6, 6.07) is 4.10. The molecular formula is C14H18F2N2O2. The second kappa shape index (κ2) is 5.36. The zero-order valence-corrected chi connectivity index (χ0v) is 11.6. The van der Waals surface area contributed by atoms with Gasteiger partial charge in [-0.15, -0.1) is 0 Å². The van der Waals surface area contributed by atoms with Crippen molar-refractivity contribution in [2.24, 2.45) is 0 Å². The van der Waals surface area contributed by atoms with Gasteiger partial charge in [0, 0.05) is 26.2 Å². The molecule has 0 aliphatic carbocycles. The summed E-state index contributed by atoms with van der Waals surface area (Å²) in [5.74, 6) is -2.60. The topological polar surface area (TPSA) is 43.8 Å². The lowest BCUT2D eigenvalue weighted by Gasteiger charge is -2.42.